The fourth-order valence-corrected chi connectivity index (χ4v) is 4.70. The van der Waals surface area contributed by atoms with Gasteiger partial charge in [-0.25, -0.2) is 22.2 Å². The van der Waals surface area contributed by atoms with Crippen molar-refractivity contribution < 1.29 is 44.5 Å². The molecule has 0 aliphatic heterocycles. The molecule has 44 heavy (non-hydrogen) atoms. The number of rotatable bonds is 13. The van der Waals surface area contributed by atoms with Crippen LogP contribution < -0.4 is 20.7 Å². The molecule has 1 atom stereocenters. The Morgan fingerprint density at radius 1 is 1.02 bits per heavy atom. The predicted molar refractivity (Wildman–Crippen MR) is 157 cm³/mol. The molecule has 0 saturated carbocycles. The van der Waals surface area contributed by atoms with Crippen LogP contribution in [0.4, 0.5) is 4.79 Å². The standard InChI is InChI=1S/C29H35N5O9S/c1-29(2,3)43-28(38)31-15-25(35)33-24(27(37)30-16-26(36)42-18-20-8-6-5-7-9-20)14-21-17-34(19-32-21)44(39,40)23-12-10-22(41-4)11-13-23/h5-13,17,19,24H,14-16,18H2,1-4H3,(H,30,37)(H,31,38)(H,33,35)/t24-/m0/s1/i16D2. The third-order valence-corrected chi connectivity index (χ3v) is 7.23. The molecule has 1 heterocycles. The number of alkyl carbamates (subject to hydrolysis) is 1. The van der Waals surface area contributed by atoms with E-state index in [0.717, 1.165) is 16.5 Å². The Hall–Kier alpha value is -4.92. The summed E-state index contributed by atoms with van der Waals surface area (Å²) in [5, 5.41) is 6.49. The largest absolute Gasteiger partial charge is 0.497 e. The first kappa shape index (κ1) is 30.5. The zero-order valence-corrected chi connectivity index (χ0v) is 25.3. The molecule has 3 aromatic rings. The fraction of sp³-hybridized carbons (Fsp3) is 0.345. The fourth-order valence-electron chi connectivity index (χ4n) is 3.54. The Balaban J connectivity index is 1.77. The van der Waals surface area contributed by atoms with Crippen LogP contribution in [0.3, 0.4) is 0 Å². The van der Waals surface area contributed by atoms with Crippen molar-refractivity contribution in [3.05, 3.63) is 78.4 Å². The molecule has 0 unspecified atom stereocenters. The zero-order valence-electron chi connectivity index (χ0n) is 26.5. The number of benzene rings is 2. The molecule has 14 nitrogen and oxygen atoms in total. The van der Waals surface area contributed by atoms with Crippen molar-refractivity contribution in [3.8, 4) is 5.75 Å². The molecule has 3 amide bonds. The smallest absolute Gasteiger partial charge is 0.408 e. The van der Waals surface area contributed by atoms with Gasteiger partial charge in [-0.1, -0.05) is 30.3 Å². The Bertz CT molecular complexity index is 1640. The predicted octanol–water partition coefficient (Wildman–Crippen LogP) is 1.54. The average molecular weight is 632 g/mol. The van der Waals surface area contributed by atoms with E-state index in [0.29, 0.717) is 11.3 Å². The Kier molecular flexibility index (Phi) is 10.4. The summed E-state index contributed by atoms with van der Waals surface area (Å²) in [5.74, 6) is -2.97. The van der Waals surface area contributed by atoms with Gasteiger partial charge < -0.3 is 30.2 Å². The summed E-state index contributed by atoms with van der Waals surface area (Å²) in [6.45, 7) is 0.983. The van der Waals surface area contributed by atoms with Gasteiger partial charge in [0.15, 0.2) is 0 Å². The van der Waals surface area contributed by atoms with E-state index in [-0.39, 0.29) is 17.2 Å². The second-order valence-electron chi connectivity index (χ2n) is 10.2. The first-order valence-electron chi connectivity index (χ1n) is 14.2. The van der Waals surface area contributed by atoms with Crippen molar-refractivity contribution in [2.24, 2.45) is 0 Å². The van der Waals surface area contributed by atoms with Crippen molar-refractivity contribution in [1.82, 2.24) is 24.9 Å². The highest BCUT2D eigenvalue weighted by Gasteiger charge is 2.25. The van der Waals surface area contributed by atoms with E-state index in [1.54, 1.807) is 51.1 Å². The van der Waals surface area contributed by atoms with Crippen LogP contribution in [0, 0.1) is 0 Å². The van der Waals surface area contributed by atoms with E-state index in [2.05, 4.69) is 15.6 Å². The summed E-state index contributed by atoms with van der Waals surface area (Å²) < 4.78 is 58.3. The maximum atomic E-state index is 13.2. The summed E-state index contributed by atoms with van der Waals surface area (Å²) in [6.07, 6.45) is 0.789. The summed E-state index contributed by atoms with van der Waals surface area (Å²) >= 11 is 0. The molecule has 3 rings (SSSR count). The number of methoxy groups -OCH3 is 1. The van der Waals surface area contributed by atoms with Gasteiger partial charge in [0.2, 0.25) is 11.8 Å². The van der Waals surface area contributed by atoms with E-state index in [1.807, 2.05) is 5.32 Å². The number of amides is 3. The lowest BCUT2D eigenvalue weighted by Gasteiger charge is -2.20. The Morgan fingerprint density at radius 3 is 2.34 bits per heavy atom. The van der Waals surface area contributed by atoms with Crippen LogP contribution in [-0.4, -0.2) is 73.0 Å². The highest BCUT2D eigenvalue weighted by atomic mass is 32.2. The number of nitrogens with zero attached hydrogens (tertiary/aromatic N) is 2. The number of hydrogen-bond donors (Lipinski definition) is 3. The average Bonchev–Trinajstić information content (AvgIpc) is 3.47. The minimum absolute atomic E-state index is 0.0184. The lowest BCUT2D eigenvalue weighted by atomic mass is 10.1. The third-order valence-electron chi connectivity index (χ3n) is 5.61. The molecule has 0 aliphatic carbocycles. The van der Waals surface area contributed by atoms with E-state index in [4.69, 9.17) is 17.0 Å². The van der Waals surface area contributed by atoms with Crippen molar-refractivity contribution >= 4 is 33.9 Å². The molecule has 0 bridgehead atoms. The van der Waals surface area contributed by atoms with Crippen LogP contribution in [0.15, 0.2) is 72.0 Å². The molecule has 0 spiro atoms. The normalized spacial score (nSPS) is 13.0. The van der Waals surface area contributed by atoms with Crippen LogP contribution in [0.25, 0.3) is 0 Å². The SMILES string of the molecule is [2H]C([2H])(NC(=O)[C@H](Cc1cn(S(=O)(=O)c2ccc(OC)cc2)cn1)NC(=O)CNC(=O)OC(C)(C)C)C(=O)OCc1ccccc1. The first-order valence-corrected chi connectivity index (χ1v) is 14.7. The summed E-state index contributed by atoms with van der Waals surface area (Å²) in [7, 11) is -2.66. The van der Waals surface area contributed by atoms with Crippen LogP contribution in [0.2, 0.25) is 0 Å². The van der Waals surface area contributed by atoms with Gasteiger partial charge in [0, 0.05) is 12.6 Å². The van der Waals surface area contributed by atoms with Gasteiger partial charge in [-0.05, 0) is 50.6 Å². The molecule has 0 radical (unpaired) electrons. The monoisotopic (exact) mass is 631 g/mol. The molecule has 15 heteroatoms. The van der Waals surface area contributed by atoms with Gasteiger partial charge in [-0.15, -0.1) is 0 Å². The Labute approximate surface area is 258 Å². The lowest BCUT2D eigenvalue weighted by molar-refractivity contribution is -0.145. The van der Waals surface area contributed by atoms with Crippen LogP contribution in [0.1, 0.15) is 34.8 Å². The maximum Gasteiger partial charge on any atom is 0.408 e. The molecular weight excluding hydrogens is 594 g/mol. The van der Waals surface area contributed by atoms with Crippen molar-refractivity contribution in [2.45, 2.75) is 50.3 Å². The van der Waals surface area contributed by atoms with Gasteiger partial charge in [-0.3, -0.25) is 14.4 Å². The number of hydrogen-bond acceptors (Lipinski definition) is 10. The number of nitrogens with one attached hydrogen (secondary N) is 3. The van der Waals surface area contributed by atoms with Gasteiger partial charge >= 0.3 is 12.1 Å². The third kappa shape index (κ3) is 10.4. The molecule has 2 aromatic carbocycles. The summed E-state index contributed by atoms with van der Waals surface area (Å²) in [4.78, 5) is 54.4. The molecule has 0 fully saturated rings. The van der Waals surface area contributed by atoms with Gasteiger partial charge in [0.25, 0.3) is 10.0 Å². The van der Waals surface area contributed by atoms with E-state index < -0.39 is 65.0 Å². The summed E-state index contributed by atoms with van der Waals surface area (Å²) in [6, 6.07) is 12.5. The zero-order chi connectivity index (χ0) is 34.1. The van der Waals surface area contributed by atoms with Gasteiger partial charge in [-0.2, -0.15) is 0 Å². The maximum absolute atomic E-state index is 13.2. The number of imidazole rings is 1. The molecule has 236 valence electrons. The number of carbonyl (C=O) groups excluding carboxylic acids is 4. The second-order valence-corrected chi connectivity index (χ2v) is 12.1. The number of aromatic nitrogens is 2. The molecule has 3 N–H and O–H groups in total. The highest BCUT2D eigenvalue weighted by molar-refractivity contribution is 7.90. The minimum Gasteiger partial charge on any atom is -0.497 e. The van der Waals surface area contributed by atoms with Crippen LogP contribution >= 0.6 is 0 Å². The van der Waals surface area contributed by atoms with Gasteiger partial charge in [0.05, 0.1) is 20.4 Å². The quantitative estimate of drug-likeness (QED) is 0.234. The number of ether oxygens (including phenoxy) is 3. The van der Waals surface area contributed by atoms with Crippen molar-refractivity contribution in [3.63, 3.8) is 0 Å². The van der Waals surface area contributed by atoms with E-state index in [1.165, 1.54) is 31.4 Å². The number of esters is 1. The number of carbonyl (C=O) groups is 4. The lowest BCUT2D eigenvalue weighted by Crippen LogP contribution is -2.51. The first-order chi connectivity index (χ1) is 21.5. The Morgan fingerprint density at radius 2 is 1.70 bits per heavy atom. The highest BCUT2D eigenvalue weighted by Crippen LogP contribution is 2.18. The van der Waals surface area contributed by atoms with Crippen molar-refractivity contribution in [1.29, 1.82) is 0 Å². The molecule has 0 saturated heterocycles. The summed E-state index contributed by atoms with van der Waals surface area (Å²) in [5.41, 5.74) is -0.236. The topological polar surface area (TPSA) is 184 Å². The van der Waals surface area contributed by atoms with E-state index >= 15 is 0 Å². The second kappa shape index (κ2) is 15.0. The van der Waals surface area contributed by atoms with Crippen molar-refractivity contribution in [2.75, 3.05) is 20.2 Å². The van der Waals surface area contributed by atoms with Crippen LogP contribution in [0.5, 0.6) is 5.75 Å². The van der Waals surface area contributed by atoms with E-state index in [9.17, 15) is 27.6 Å². The van der Waals surface area contributed by atoms with Crippen LogP contribution in [-0.2, 0) is 46.9 Å². The minimum atomic E-state index is -4.10. The molecule has 1 aromatic heterocycles. The van der Waals surface area contributed by atoms with Gasteiger partial charge in [0.1, 0.15) is 43.4 Å². The molecular formula is C29H35N5O9S. The molecule has 0 aliphatic rings.